The van der Waals surface area contributed by atoms with Gasteiger partial charge in [-0.15, -0.1) is 0 Å². The van der Waals surface area contributed by atoms with Gasteiger partial charge in [-0.2, -0.15) is 0 Å². The molecule has 0 heterocycles. The molecule has 0 aliphatic rings. The van der Waals surface area contributed by atoms with Crippen LogP contribution in [0.4, 0.5) is 0 Å². The number of benzene rings is 1. The molecule has 0 aromatic heterocycles. The van der Waals surface area contributed by atoms with Crippen LogP contribution in [-0.2, 0) is 9.46 Å². The maximum absolute atomic E-state index is 11.6. The predicted octanol–water partition coefficient (Wildman–Crippen LogP) is 3.12. The fourth-order valence-corrected chi connectivity index (χ4v) is 3.78. The Morgan fingerprint density at radius 3 is 2.08 bits per heavy atom. The molecule has 1 aromatic rings. The van der Waals surface area contributed by atoms with Crippen molar-refractivity contribution in [1.82, 2.24) is 0 Å². The second kappa shape index (κ2) is 3.96. The van der Waals surface area contributed by atoms with Gasteiger partial charge in [0.05, 0.1) is 0 Å². The first-order chi connectivity index (χ1) is 5.94. The summed E-state index contributed by atoms with van der Waals surface area (Å²) >= 11 is 0. The van der Waals surface area contributed by atoms with Gasteiger partial charge in [0, 0.05) is 0 Å². The molecule has 0 saturated heterocycles. The molecule has 1 rings (SSSR count). The monoisotopic (exact) mass is 232 g/mol. The fraction of sp³-hybridized carbons (Fsp3) is 0.250. The molecule has 1 atom stereocenters. The molecule has 0 bridgehead atoms. The van der Waals surface area contributed by atoms with E-state index in [-0.39, 0.29) is 0 Å². The van der Waals surface area contributed by atoms with Crippen LogP contribution in [0.1, 0.15) is 5.56 Å². The average molecular weight is 232 g/mol. The summed E-state index contributed by atoms with van der Waals surface area (Å²) in [5.74, 6) is 0. The summed E-state index contributed by atoms with van der Waals surface area (Å²) in [6.45, 7) is 3.54. The topological polar surface area (TPSA) is 34.1 Å². The van der Waals surface area contributed by atoms with E-state index in [0.29, 0.717) is 4.90 Å². The molecule has 2 nitrogen and oxygen atoms in total. The molecule has 1 unspecified atom stereocenters. The van der Waals surface area contributed by atoms with E-state index < -0.39 is 15.7 Å². The number of hydrogen-bond acceptors (Lipinski definition) is 2. The van der Waals surface area contributed by atoms with Gasteiger partial charge in [-0.25, -0.2) is 0 Å². The zero-order chi connectivity index (χ0) is 10.1. The number of aryl methyl sites for hydroxylation is 1. The van der Waals surface area contributed by atoms with Crippen molar-refractivity contribution < 1.29 is 8.42 Å². The van der Waals surface area contributed by atoms with Gasteiger partial charge in [0.2, 0.25) is 0 Å². The molecular weight excluding hydrogens is 222 g/mol. The Balaban J connectivity index is 3.28. The molecule has 0 fully saturated rings. The van der Waals surface area contributed by atoms with Crippen LogP contribution in [0.15, 0.2) is 29.2 Å². The molecule has 0 aliphatic heterocycles. The SMILES string of the molecule is Cc1ccc(S(=O)(=O)P(C)#P)cc1. The molecule has 0 saturated carbocycles. The Hall–Kier alpha value is -0.100. The minimum atomic E-state index is -3.16. The summed E-state index contributed by atoms with van der Waals surface area (Å²) in [5.41, 5.74) is 1.05. The van der Waals surface area contributed by atoms with Crippen molar-refractivity contribution in [1.29, 1.82) is 0 Å². The Kier molecular flexibility index (Phi) is 3.34. The molecule has 0 spiro atoms. The van der Waals surface area contributed by atoms with Gasteiger partial charge < -0.3 is 0 Å². The predicted molar refractivity (Wildman–Crippen MR) is 58.1 cm³/mol. The van der Waals surface area contributed by atoms with Crippen molar-refractivity contribution in [2.24, 2.45) is 0 Å². The molecule has 1 aromatic carbocycles. The zero-order valence-electron chi connectivity index (χ0n) is 7.43. The quantitative estimate of drug-likeness (QED) is 0.697. The van der Waals surface area contributed by atoms with Crippen molar-refractivity contribution in [3.8, 4) is 0 Å². The van der Waals surface area contributed by atoms with Gasteiger partial charge in [-0.05, 0) is 0 Å². The summed E-state index contributed by atoms with van der Waals surface area (Å²) in [6.07, 6.45) is -1.26. The van der Waals surface area contributed by atoms with E-state index in [4.69, 9.17) is 0 Å². The summed E-state index contributed by atoms with van der Waals surface area (Å²) in [6, 6.07) is 6.83. The van der Waals surface area contributed by atoms with Crippen LogP contribution in [-0.4, -0.2) is 15.1 Å². The van der Waals surface area contributed by atoms with Crippen LogP contribution in [0.5, 0.6) is 0 Å². The van der Waals surface area contributed by atoms with Gasteiger partial charge in [-0.3, -0.25) is 0 Å². The number of rotatable bonds is 1. The molecular formula is C8H10O2P2S. The third kappa shape index (κ3) is 2.43. The molecule has 0 aliphatic carbocycles. The summed E-state index contributed by atoms with van der Waals surface area (Å²) in [4.78, 5) is 0.363. The third-order valence-corrected chi connectivity index (χ3v) is 7.88. The molecule has 0 N–H and O–H groups in total. The van der Waals surface area contributed by atoms with E-state index >= 15 is 0 Å². The fourth-order valence-electron chi connectivity index (χ4n) is 0.863. The zero-order valence-corrected chi connectivity index (χ0v) is 10.0. The summed E-state index contributed by atoms with van der Waals surface area (Å²) in [5, 5.41) is 0. The standard InChI is InChI=1S/C8H10O2P2S/c1-7-3-5-8(6-4-7)13(9,10)12(2)11/h3-6H,1-2H3. The van der Waals surface area contributed by atoms with E-state index in [1.165, 1.54) is 0 Å². The van der Waals surface area contributed by atoms with E-state index in [9.17, 15) is 8.42 Å². The normalized spacial score (nSPS) is 12.5. The van der Waals surface area contributed by atoms with E-state index in [1.54, 1.807) is 30.9 Å². The first-order valence-electron chi connectivity index (χ1n) is 3.69. The van der Waals surface area contributed by atoms with Gasteiger partial charge in [0.15, 0.2) is 0 Å². The molecule has 0 radical (unpaired) electrons. The van der Waals surface area contributed by atoms with Crippen molar-refractivity contribution in [2.45, 2.75) is 11.8 Å². The molecule has 70 valence electrons. The van der Waals surface area contributed by atoms with Crippen molar-refractivity contribution in [2.75, 3.05) is 6.66 Å². The second-order valence-electron chi connectivity index (χ2n) is 2.75. The van der Waals surface area contributed by atoms with Crippen LogP contribution < -0.4 is 0 Å². The van der Waals surface area contributed by atoms with Gasteiger partial charge in [-0.1, -0.05) is 0 Å². The molecule has 0 amide bonds. The average Bonchev–Trinajstić information content (AvgIpc) is 2.04. The minimum absolute atomic E-state index is 0.363. The third-order valence-electron chi connectivity index (χ3n) is 1.67. The van der Waals surface area contributed by atoms with Crippen LogP contribution >= 0.6 is 14.6 Å². The van der Waals surface area contributed by atoms with Gasteiger partial charge in [0.25, 0.3) is 0 Å². The number of hydrogen-bond donors (Lipinski definition) is 0. The van der Waals surface area contributed by atoms with E-state index in [0.717, 1.165) is 5.56 Å². The van der Waals surface area contributed by atoms with Crippen LogP contribution in [0.3, 0.4) is 0 Å². The Labute approximate surface area is 81.1 Å². The Bertz CT molecular complexity index is 465. The summed E-state index contributed by atoms with van der Waals surface area (Å²) < 4.78 is 23.2. The van der Waals surface area contributed by atoms with Crippen molar-refractivity contribution in [3.05, 3.63) is 29.8 Å². The van der Waals surface area contributed by atoms with E-state index in [2.05, 4.69) is 8.34 Å². The maximum atomic E-state index is 11.6. The molecule has 5 heteroatoms. The Morgan fingerprint density at radius 2 is 1.69 bits per heavy atom. The van der Waals surface area contributed by atoms with Crippen molar-refractivity contribution in [3.63, 3.8) is 0 Å². The summed E-state index contributed by atoms with van der Waals surface area (Å²) in [7, 11) is 0.828. The van der Waals surface area contributed by atoms with E-state index in [1.807, 2.05) is 6.92 Å². The second-order valence-corrected chi connectivity index (χ2v) is 10.8. The van der Waals surface area contributed by atoms with Gasteiger partial charge in [0.1, 0.15) is 0 Å². The first-order valence-corrected chi connectivity index (χ1v) is 8.72. The van der Waals surface area contributed by atoms with Crippen LogP contribution in [0, 0.1) is 6.92 Å². The van der Waals surface area contributed by atoms with Crippen molar-refractivity contribution >= 4 is 24.0 Å². The van der Waals surface area contributed by atoms with Crippen LogP contribution in [0.25, 0.3) is 0 Å². The van der Waals surface area contributed by atoms with Gasteiger partial charge >= 0.3 is 80.8 Å². The first kappa shape index (κ1) is 11.0. The Morgan fingerprint density at radius 1 is 1.23 bits per heavy atom. The molecule has 13 heavy (non-hydrogen) atoms. The van der Waals surface area contributed by atoms with Crippen LogP contribution in [0.2, 0.25) is 0 Å².